The quantitative estimate of drug-likeness (QED) is 0.406. The molecule has 10 heteroatoms. The molecule has 0 saturated carbocycles. The van der Waals surface area contributed by atoms with Gasteiger partial charge >= 0.3 is 5.97 Å². The average molecular weight is 430 g/mol. The third kappa shape index (κ3) is 5.71. The van der Waals surface area contributed by atoms with Crippen molar-refractivity contribution in [3.05, 3.63) is 60.2 Å². The van der Waals surface area contributed by atoms with Gasteiger partial charge < -0.3 is 9.26 Å². The highest BCUT2D eigenvalue weighted by atomic mass is 32.2. The maximum absolute atomic E-state index is 12.1. The van der Waals surface area contributed by atoms with Crippen molar-refractivity contribution >= 4 is 16.0 Å². The summed E-state index contributed by atoms with van der Waals surface area (Å²) in [7, 11) is -3.60. The van der Waals surface area contributed by atoms with E-state index < -0.39 is 16.0 Å². The maximum Gasteiger partial charge on any atom is 0.338 e. The number of esters is 1. The van der Waals surface area contributed by atoms with Crippen LogP contribution >= 0.6 is 0 Å². The second-order valence-electron chi connectivity index (χ2n) is 6.79. The first-order valence-corrected chi connectivity index (χ1v) is 10.9. The van der Waals surface area contributed by atoms with Crippen molar-refractivity contribution in [1.82, 2.24) is 19.8 Å². The molecular formula is C20H22N4O5S. The fourth-order valence-corrected chi connectivity index (χ4v) is 3.84. The molecule has 0 fully saturated rings. The molecule has 0 unspecified atom stereocenters. The molecule has 30 heavy (non-hydrogen) atoms. The van der Waals surface area contributed by atoms with E-state index >= 15 is 0 Å². The molecule has 0 radical (unpaired) electrons. The number of pyridine rings is 1. The third-order valence-corrected chi connectivity index (χ3v) is 5.62. The van der Waals surface area contributed by atoms with Gasteiger partial charge in [-0.15, -0.1) is 0 Å². The lowest BCUT2D eigenvalue weighted by molar-refractivity contribution is 0.0498. The number of nitrogens with one attached hydrogen (secondary N) is 1. The zero-order chi connectivity index (χ0) is 21.6. The first-order chi connectivity index (χ1) is 14.3. The number of aromatic nitrogens is 3. The Morgan fingerprint density at radius 1 is 1.20 bits per heavy atom. The summed E-state index contributed by atoms with van der Waals surface area (Å²) in [6.45, 7) is 3.63. The van der Waals surface area contributed by atoms with Crippen LogP contribution in [0.3, 0.4) is 0 Å². The Kier molecular flexibility index (Phi) is 6.91. The van der Waals surface area contributed by atoms with Crippen molar-refractivity contribution in [2.75, 3.05) is 6.61 Å². The van der Waals surface area contributed by atoms with Gasteiger partial charge in [-0.1, -0.05) is 5.16 Å². The highest BCUT2D eigenvalue weighted by molar-refractivity contribution is 7.89. The minimum absolute atomic E-state index is 0.0913. The first kappa shape index (κ1) is 21.6. The van der Waals surface area contributed by atoms with E-state index in [0.717, 1.165) is 5.56 Å². The monoisotopic (exact) mass is 430 g/mol. The largest absolute Gasteiger partial charge is 0.462 e. The lowest BCUT2D eigenvalue weighted by Crippen LogP contribution is -2.30. The Morgan fingerprint density at radius 3 is 2.63 bits per heavy atom. The molecule has 1 N–H and O–H groups in total. The molecule has 0 amide bonds. The molecule has 0 spiro atoms. The van der Waals surface area contributed by atoms with Gasteiger partial charge in [0, 0.05) is 30.4 Å². The SMILES string of the molecule is CC(C)NS(=O)(=O)c1ccc(C(=O)OCCCc2nc(-c3cccnc3)no2)cc1. The normalized spacial score (nSPS) is 11.6. The second kappa shape index (κ2) is 9.59. The third-order valence-electron chi connectivity index (χ3n) is 3.95. The standard InChI is InChI=1S/C20H22N4O5S/c1-14(2)24-30(26,27)17-9-7-15(8-10-17)20(25)28-12-4-6-18-22-19(23-29-18)16-5-3-11-21-13-16/h3,5,7-11,13-14,24H,4,6,12H2,1-2H3. The van der Waals surface area contributed by atoms with Gasteiger partial charge in [0.1, 0.15) is 0 Å². The lowest BCUT2D eigenvalue weighted by Gasteiger charge is -2.10. The lowest BCUT2D eigenvalue weighted by atomic mass is 10.2. The van der Waals surface area contributed by atoms with Crippen LogP contribution in [0.5, 0.6) is 0 Å². The number of carbonyl (C=O) groups is 1. The highest BCUT2D eigenvalue weighted by Crippen LogP contribution is 2.15. The molecule has 2 heterocycles. The number of benzene rings is 1. The van der Waals surface area contributed by atoms with Crippen LogP contribution in [0, 0.1) is 0 Å². The van der Waals surface area contributed by atoms with E-state index in [2.05, 4.69) is 19.8 Å². The molecule has 158 valence electrons. The summed E-state index contributed by atoms with van der Waals surface area (Å²) in [5.41, 5.74) is 1.03. The topological polar surface area (TPSA) is 124 Å². The number of carbonyl (C=O) groups excluding carboxylic acids is 1. The number of aryl methyl sites for hydroxylation is 1. The minimum Gasteiger partial charge on any atom is -0.462 e. The van der Waals surface area contributed by atoms with Gasteiger partial charge in [-0.05, 0) is 56.7 Å². The van der Waals surface area contributed by atoms with Crippen LogP contribution in [0.1, 0.15) is 36.5 Å². The molecule has 3 aromatic rings. The van der Waals surface area contributed by atoms with Crippen LogP contribution < -0.4 is 4.72 Å². The summed E-state index contributed by atoms with van der Waals surface area (Å²) in [4.78, 5) is 20.5. The fraction of sp³-hybridized carbons (Fsp3) is 0.300. The number of hydrogen-bond acceptors (Lipinski definition) is 8. The molecule has 0 atom stereocenters. The average Bonchev–Trinajstić information content (AvgIpc) is 3.20. The van der Waals surface area contributed by atoms with Gasteiger partial charge in [0.2, 0.25) is 21.7 Å². The fourth-order valence-electron chi connectivity index (χ4n) is 2.59. The number of sulfonamides is 1. The van der Waals surface area contributed by atoms with E-state index in [-0.39, 0.29) is 23.1 Å². The number of hydrogen-bond donors (Lipinski definition) is 1. The summed E-state index contributed by atoms with van der Waals surface area (Å²) < 4.78 is 37.1. The van der Waals surface area contributed by atoms with Crippen molar-refractivity contribution < 1.29 is 22.5 Å². The summed E-state index contributed by atoms with van der Waals surface area (Å²) in [5, 5.41) is 3.91. The molecule has 0 aliphatic heterocycles. The molecule has 9 nitrogen and oxygen atoms in total. The molecule has 3 rings (SSSR count). The van der Waals surface area contributed by atoms with Crippen molar-refractivity contribution in [1.29, 1.82) is 0 Å². The zero-order valence-electron chi connectivity index (χ0n) is 16.6. The van der Waals surface area contributed by atoms with Crippen LogP contribution in [-0.4, -0.2) is 42.2 Å². The predicted molar refractivity (Wildman–Crippen MR) is 108 cm³/mol. The molecule has 0 aliphatic carbocycles. The van der Waals surface area contributed by atoms with Gasteiger partial charge in [0.05, 0.1) is 17.1 Å². The number of nitrogens with zero attached hydrogens (tertiary/aromatic N) is 3. The zero-order valence-corrected chi connectivity index (χ0v) is 17.4. The van der Waals surface area contributed by atoms with E-state index in [4.69, 9.17) is 9.26 Å². The number of ether oxygens (including phenoxy) is 1. The second-order valence-corrected chi connectivity index (χ2v) is 8.51. The van der Waals surface area contributed by atoms with Crippen LogP contribution in [0.2, 0.25) is 0 Å². The van der Waals surface area contributed by atoms with E-state index in [1.807, 2.05) is 6.07 Å². The smallest absolute Gasteiger partial charge is 0.338 e. The van der Waals surface area contributed by atoms with Gasteiger partial charge in [-0.25, -0.2) is 17.9 Å². The van der Waals surface area contributed by atoms with Gasteiger partial charge in [0.25, 0.3) is 0 Å². The predicted octanol–water partition coefficient (Wildman–Crippen LogP) is 2.61. The Labute approximate surface area is 174 Å². The van der Waals surface area contributed by atoms with Gasteiger partial charge in [-0.2, -0.15) is 4.98 Å². The van der Waals surface area contributed by atoms with Crippen molar-refractivity contribution in [3.8, 4) is 11.4 Å². The number of rotatable bonds is 9. The van der Waals surface area contributed by atoms with E-state index in [0.29, 0.717) is 24.6 Å². The molecular weight excluding hydrogens is 408 g/mol. The molecule has 1 aromatic carbocycles. The summed E-state index contributed by atoms with van der Waals surface area (Å²) in [6.07, 6.45) is 4.27. The molecule has 0 bridgehead atoms. The van der Waals surface area contributed by atoms with Crippen molar-refractivity contribution in [2.24, 2.45) is 0 Å². The molecule has 2 aromatic heterocycles. The highest BCUT2D eigenvalue weighted by Gasteiger charge is 2.16. The van der Waals surface area contributed by atoms with Crippen LogP contribution in [-0.2, 0) is 21.2 Å². The Bertz CT molecular complexity index is 1080. The van der Waals surface area contributed by atoms with Crippen LogP contribution in [0.4, 0.5) is 0 Å². The molecule has 0 aliphatic rings. The maximum atomic E-state index is 12.1. The first-order valence-electron chi connectivity index (χ1n) is 9.37. The van der Waals surface area contributed by atoms with Crippen molar-refractivity contribution in [2.45, 2.75) is 37.6 Å². The Balaban J connectivity index is 1.48. The van der Waals surface area contributed by atoms with Crippen molar-refractivity contribution in [3.63, 3.8) is 0 Å². The Hall–Kier alpha value is -3.11. The van der Waals surface area contributed by atoms with Gasteiger partial charge in [0.15, 0.2) is 0 Å². The van der Waals surface area contributed by atoms with E-state index in [9.17, 15) is 13.2 Å². The van der Waals surface area contributed by atoms with Crippen LogP contribution in [0.15, 0.2) is 58.2 Å². The van der Waals surface area contributed by atoms with E-state index in [1.165, 1.54) is 24.3 Å². The summed E-state index contributed by atoms with van der Waals surface area (Å²) >= 11 is 0. The van der Waals surface area contributed by atoms with Crippen LogP contribution in [0.25, 0.3) is 11.4 Å². The van der Waals surface area contributed by atoms with Gasteiger partial charge in [-0.3, -0.25) is 4.98 Å². The summed E-state index contributed by atoms with van der Waals surface area (Å²) in [6, 6.07) is 9.00. The minimum atomic E-state index is -3.60. The Morgan fingerprint density at radius 2 is 1.97 bits per heavy atom. The molecule has 0 saturated heterocycles. The van der Waals surface area contributed by atoms with E-state index in [1.54, 1.807) is 32.3 Å². The summed E-state index contributed by atoms with van der Waals surface area (Å²) in [5.74, 6) is 0.367.